The molecule has 0 amide bonds. The molecule has 0 aliphatic rings. The van der Waals surface area contributed by atoms with Gasteiger partial charge in [-0.25, -0.2) is 18.7 Å². The molecule has 19 heavy (non-hydrogen) atoms. The lowest BCUT2D eigenvalue weighted by atomic mass is 10.0. The SMILES string of the molecule is CCNC(Cc1cc(F)cc(F)c1)c1cncnc1. The Morgan fingerprint density at radius 3 is 2.32 bits per heavy atom. The first-order valence-electron chi connectivity index (χ1n) is 6.12. The Morgan fingerprint density at radius 1 is 1.11 bits per heavy atom. The monoisotopic (exact) mass is 263 g/mol. The van der Waals surface area contributed by atoms with E-state index in [2.05, 4.69) is 15.3 Å². The third-order valence-corrected chi connectivity index (χ3v) is 2.80. The Bertz CT molecular complexity index is 511. The molecule has 1 aromatic heterocycles. The van der Waals surface area contributed by atoms with Crippen molar-refractivity contribution < 1.29 is 8.78 Å². The molecule has 0 saturated carbocycles. The fourth-order valence-corrected chi connectivity index (χ4v) is 2.01. The summed E-state index contributed by atoms with van der Waals surface area (Å²) in [7, 11) is 0. The molecule has 1 N–H and O–H groups in total. The van der Waals surface area contributed by atoms with Crippen molar-refractivity contribution in [1.29, 1.82) is 0 Å². The topological polar surface area (TPSA) is 37.8 Å². The van der Waals surface area contributed by atoms with Gasteiger partial charge in [-0.05, 0) is 30.7 Å². The van der Waals surface area contributed by atoms with Crippen molar-refractivity contribution in [3.05, 3.63) is 59.7 Å². The molecule has 2 rings (SSSR count). The number of hydrogen-bond acceptors (Lipinski definition) is 3. The third-order valence-electron chi connectivity index (χ3n) is 2.80. The molecule has 1 unspecified atom stereocenters. The van der Waals surface area contributed by atoms with Gasteiger partial charge in [0.2, 0.25) is 0 Å². The molecule has 0 spiro atoms. The molecule has 0 aliphatic heterocycles. The predicted molar refractivity (Wildman–Crippen MR) is 68.5 cm³/mol. The van der Waals surface area contributed by atoms with E-state index in [0.29, 0.717) is 12.0 Å². The maximum atomic E-state index is 13.2. The van der Waals surface area contributed by atoms with Crippen LogP contribution in [0.1, 0.15) is 24.1 Å². The normalized spacial score (nSPS) is 12.4. The first kappa shape index (κ1) is 13.5. The number of rotatable bonds is 5. The summed E-state index contributed by atoms with van der Waals surface area (Å²) >= 11 is 0. The molecule has 0 radical (unpaired) electrons. The highest BCUT2D eigenvalue weighted by Crippen LogP contribution is 2.18. The van der Waals surface area contributed by atoms with Gasteiger partial charge in [-0.2, -0.15) is 0 Å². The van der Waals surface area contributed by atoms with Gasteiger partial charge < -0.3 is 5.32 Å². The summed E-state index contributed by atoms with van der Waals surface area (Å²) < 4.78 is 26.4. The molecule has 1 aromatic carbocycles. The van der Waals surface area contributed by atoms with Crippen LogP contribution in [0, 0.1) is 11.6 Å². The van der Waals surface area contributed by atoms with Crippen LogP contribution in [-0.4, -0.2) is 16.5 Å². The first-order valence-corrected chi connectivity index (χ1v) is 6.12. The van der Waals surface area contributed by atoms with Crippen LogP contribution in [-0.2, 0) is 6.42 Å². The van der Waals surface area contributed by atoms with Crippen molar-refractivity contribution in [3.63, 3.8) is 0 Å². The minimum atomic E-state index is -0.561. The van der Waals surface area contributed by atoms with Gasteiger partial charge in [0.15, 0.2) is 0 Å². The number of likely N-dealkylation sites (N-methyl/N-ethyl adjacent to an activating group) is 1. The van der Waals surface area contributed by atoms with Crippen molar-refractivity contribution in [1.82, 2.24) is 15.3 Å². The number of aromatic nitrogens is 2. The zero-order chi connectivity index (χ0) is 13.7. The van der Waals surface area contributed by atoms with Crippen LogP contribution in [0.2, 0.25) is 0 Å². The maximum Gasteiger partial charge on any atom is 0.126 e. The van der Waals surface area contributed by atoms with E-state index >= 15 is 0 Å². The summed E-state index contributed by atoms with van der Waals surface area (Å²) in [5, 5.41) is 3.26. The lowest BCUT2D eigenvalue weighted by Crippen LogP contribution is -2.23. The van der Waals surface area contributed by atoms with E-state index < -0.39 is 11.6 Å². The number of nitrogens with zero attached hydrogens (tertiary/aromatic N) is 2. The number of halogens is 2. The molecule has 3 nitrogen and oxygen atoms in total. The quantitative estimate of drug-likeness (QED) is 0.901. The van der Waals surface area contributed by atoms with E-state index in [4.69, 9.17) is 0 Å². The zero-order valence-electron chi connectivity index (χ0n) is 10.6. The maximum absolute atomic E-state index is 13.2. The second-order valence-electron chi connectivity index (χ2n) is 4.26. The van der Waals surface area contributed by atoms with Crippen LogP contribution >= 0.6 is 0 Å². The smallest absolute Gasteiger partial charge is 0.126 e. The van der Waals surface area contributed by atoms with Gasteiger partial charge in [-0.15, -0.1) is 0 Å². The van der Waals surface area contributed by atoms with Crippen LogP contribution in [0.15, 0.2) is 36.9 Å². The van der Waals surface area contributed by atoms with Gasteiger partial charge in [0.05, 0.1) is 0 Å². The van der Waals surface area contributed by atoms with Crippen LogP contribution in [0.5, 0.6) is 0 Å². The van der Waals surface area contributed by atoms with Crippen molar-refractivity contribution in [2.24, 2.45) is 0 Å². The highest BCUT2D eigenvalue weighted by atomic mass is 19.1. The fourth-order valence-electron chi connectivity index (χ4n) is 2.01. The summed E-state index contributed by atoms with van der Waals surface area (Å²) in [4.78, 5) is 7.93. The largest absolute Gasteiger partial charge is 0.310 e. The summed E-state index contributed by atoms with van der Waals surface area (Å²) in [5.41, 5.74) is 1.50. The van der Waals surface area contributed by atoms with E-state index in [1.165, 1.54) is 18.5 Å². The Morgan fingerprint density at radius 2 is 1.74 bits per heavy atom. The average Bonchev–Trinajstić information content (AvgIpc) is 2.38. The molecule has 5 heteroatoms. The standard InChI is InChI=1S/C14H15F2N3/c1-2-19-14(11-7-17-9-18-8-11)5-10-3-12(15)6-13(16)4-10/h3-4,6-9,14,19H,2,5H2,1H3. The third kappa shape index (κ3) is 3.79. The van der Waals surface area contributed by atoms with Gasteiger partial charge in [-0.3, -0.25) is 0 Å². The minimum absolute atomic E-state index is 0.0626. The highest BCUT2D eigenvalue weighted by Gasteiger charge is 2.13. The van der Waals surface area contributed by atoms with Gasteiger partial charge in [0.25, 0.3) is 0 Å². The Hall–Kier alpha value is -1.88. The lowest BCUT2D eigenvalue weighted by Gasteiger charge is -2.17. The molecule has 0 fully saturated rings. The molecule has 0 bridgehead atoms. The Kier molecular flexibility index (Phi) is 4.52. The molecule has 1 atom stereocenters. The van der Waals surface area contributed by atoms with E-state index in [1.807, 2.05) is 6.92 Å². The molecule has 1 heterocycles. The van der Waals surface area contributed by atoms with E-state index in [9.17, 15) is 8.78 Å². The Labute approximate surface area is 110 Å². The van der Waals surface area contributed by atoms with Crippen LogP contribution in [0.3, 0.4) is 0 Å². The summed E-state index contributed by atoms with van der Waals surface area (Å²) in [6, 6.07) is 3.50. The summed E-state index contributed by atoms with van der Waals surface area (Å²) in [6.45, 7) is 2.72. The number of benzene rings is 1. The van der Waals surface area contributed by atoms with E-state index in [1.54, 1.807) is 12.4 Å². The van der Waals surface area contributed by atoms with Crippen molar-refractivity contribution in [3.8, 4) is 0 Å². The van der Waals surface area contributed by atoms with Crippen molar-refractivity contribution in [2.75, 3.05) is 6.54 Å². The fraction of sp³-hybridized carbons (Fsp3) is 0.286. The van der Waals surface area contributed by atoms with Crippen molar-refractivity contribution in [2.45, 2.75) is 19.4 Å². The van der Waals surface area contributed by atoms with Gasteiger partial charge in [0, 0.05) is 30.1 Å². The number of hydrogen-bond donors (Lipinski definition) is 1. The van der Waals surface area contributed by atoms with Crippen LogP contribution < -0.4 is 5.32 Å². The molecular weight excluding hydrogens is 248 g/mol. The predicted octanol–water partition coefficient (Wildman–Crippen LogP) is 2.65. The summed E-state index contributed by atoms with van der Waals surface area (Å²) in [5.74, 6) is -1.12. The Balaban J connectivity index is 2.21. The van der Waals surface area contributed by atoms with Gasteiger partial charge in [0.1, 0.15) is 18.0 Å². The van der Waals surface area contributed by atoms with Crippen LogP contribution in [0.25, 0.3) is 0 Å². The number of nitrogens with one attached hydrogen (secondary N) is 1. The zero-order valence-corrected chi connectivity index (χ0v) is 10.6. The second-order valence-corrected chi connectivity index (χ2v) is 4.26. The molecule has 2 aromatic rings. The van der Waals surface area contributed by atoms with E-state index in [0.717, 1.165) is 18.2 Å². The molecular formula is C14H15F2N3. The molecule has 0 aliphatic carbocycles. The van der Waals surface area contributed by atoms with Gasteiger partial charge >= 0.3 is 0 Å². The summed E-state index contributed by atoms with van der Waals surface area (Å²) in [6.07, 6.45) is 5.34. The first-order chi connectivity index (χ1) is 9.19. The highest BCUT2D eigenvalue weighted by molar-refractivity contribution is 5.22. The van der Waals surface area contributed by atoms with Crippen molar-refractivity contribution >= 4 is 0 Å². The lowest BCUT2D eigenvalue weighted by molar-refractivity contribution is 0.536. The average molecular weight is 263 g/mol. The molecule has 100 valence electrons. The van der Waals surface area contributed by atoms with Gasteiger partial charge in [-0.1, -0.05) is 6.92 Å². The molecule has 0 saturated heterocycles. The van der Waals surface area contributed by atoms with E-state index in [-0.39, 0.29) is 6.04 Å². The van der Waals surface area contributed by atoms with Crippen LogP contribution in [0.4, 0.5) is 8.78 Å². The minimum Gasteiger partial charge on any atom is -0.310 e. The second kappa shape index (κ2) is 6.33.